The molecular weight excluding hydrogens is 265 g/mol. The van der Waals surface area contributed by atoms with Crippen LogP contribution in [0.5, 0.6) is 0 Å². The number of aliphatic carboxylic acids is 1. The second-order valence-corrected chi connectivity index (χ2v) is 4.09. The number of hydrogen-bond acceptors (Lipinski definition) is 3. The monoisotopic (exact) mass is 271 g/mol. The van der Waals surface area contributed by atoms with E-state index in [9.17, 15) is 4.79 Å². The van der Waals surface area contributed by atoms with E-state index in [0.717, 1.165) is 0 Å². The van der Waals surface area contributed by atoms with Gasteiger partial charge in [-0.2, -0.15) is 0 Å². The molecule has 0 saturated heterocycles. The molecule has 88 valence electrons. The number of halogens is 2. The van der Waals surface area contributed by atoms with E-state index in [1.807, 2.05) is 0 Å². The van der Waals surface area contributed by atoms with Crippen molar-refractivity contribution < 1.29 is 9.90 Å². The highest BCUT2D eigenvalue weighted by Crippen LogP contribution is 2.28. The van der Waals surface area contributed by atoms with Gasteiger partial charge in [0.05, 0.1) is 28.4 Å². The normalized spacial score (nSPS) is 10.5. The van der Waals surface area contributed by atoms with Crippen LogP contribution in [0.3, 0.4) is 0 Å². The number of carbonyl (C=O) groups is 1. The minimum atomic E-state index is -0.975. The lowest BCUT2D eigenvalue weighted by Gasteiger charge is -2.08. The Balaban J connectivity index is 2.53. The maximum Gasteiger partial charge on any atom is 0.309 e. The summed E-state index contributed by atoms with van der Waals surface area (Å²) in [5.74, 6) is -0.975. The zero-order valence-corrected chi connectivity index (χ0v) is 9.98. The molecule has 2 aromatic rings. The highest BCUT2D eigenvalue weighted by atomic mass is 35.5. The van der Waals surface area contributed by atoms with Crippen LogP contribution in [0.1, 0.15) is 5.69 Å². The number of carboxylic acid groups (broad SMARTS) is 1. The highest BCUT2D eigenvalue weighted by molar-refractivity contribution is 6.37. The highest BCUT2D eigenvalue weighted by Gasteiger charge is 2.14. The van der Waals surface area contributed by atoms with Crippen molar-refractivity contribution in [2.45, 2.75) is 6.42 Å². The van der Waals surface area contributed by atoms with Gasteiger partial charge in [-0.3, -0.25) is 4.79 Å². The minimum Gasteiger partial charge on any atom is -0.481 e. The predicted octanol–water partition coefficient (Wildman–Crippen LogP) is 2.20. The van der Waals surface area contributed by atoms with Gasteiger partial charge in [0.25, 0.3) is 0 Å². The Morgan fingerprint density at radius 1 is 1.35 bits per heavy atom. The van der Waals surface area contributed by atoms with Gasteiger partial charge < -0.3 is 5.11 Å². The maximum atomic E-state index is 10.7. The van der Waals surface area contributed by atoms with Crippen molar-refractivity contribution in [1.82, 2.24) is 15.0 Å². The zero-order chi connectivity index (χ0) is 12.4. The molecule has 2 rings (SSSR count). The molecule has 0 spiro atoms. The molecule has 1 heterocycles. The molecule has 0 aliphatic rings. The third-order valence-corrected chi connectivity index (χ3v) is 2.71. The summed E-state index contributed by atoms with van der Waals surface area (Å²) in [6.45, 7) is 0. The SMILES string of the molecule is O=C(O)Cc1cnnn1-c1c(Cl)cccc1Cl. The quantitative estimate of drug-likeness (QED) is 0.930. The van der Waals surface area contributed by atoms with E-state index < -0.39 is 5.97 Å². The lowest BCUT2D eigenvalue weighted by atomic mass is 10.3. The summed E-state index contributed by atoms with van der Waals surface area (Å²) in [5, 5.41) is 17.0. The minimum absolute atomic E-state index is 0.200. The van der Waals surface area contributed by atoms with Crippen LogP contribution in [0.4, 0.5) is 0 Å². The number of rotatable bonds is 3. The molecule has 1 aromatic carbocycles. The van der Waals surface area contributed by atoms with E-state index in [2.05, 4.69) is 10.3 Å². The first-order valence-corrected chi connectivity index (χ1v) is 5.41. The standard InChI is InChI=1S/C10H7Cl2N3O2/c11-7-2-1-3-8(12)10(7)15-6(4-9(16)17)5-13-14-15/h1-3,5H,4H2,(H,16,17). The van der Waals surface area contributed by atoms with E-state index in [1.54, 1.807) is 18.2 Å². The van der Waals surface area contributed by atoms with Gasteiger partial charge in [-0.1, -0.05) is 34.5 Å². The Morgan fingerprint density at radius 2 is 2.00 bits per heavy atom. The smallest absolute Gasteiger partial charge is 0.309 e. The second-order valence-electron chi connectivity index (χ2n) is 3.28. The molecule has 17 heavy (non-hydrogen) atoms. The molecule has 0 fully saturated rings. The summed E-state index contributed by atoms with van der Waals surface area (Å²) >= 11 is 12.0. The first-order valence-electron chi connectivity index (χ1n) is 4.65. The van der Waals surface area contributed by atoms with Crippen LogP contribution in [0.2, 0.25) is 10.0 Å². The van der Waals surface area contributed by atoms with E-state index in [4.69, 9.17) is 28.3 Å². The third-order valence-electron chi connectivity index (χ3n) is 2.10. The zero-order valence-electron chi connectivity index (χ0n) is 8.47. The van der Waals surface area contributed by atoms with Gasteiger partial charge in [0.1, 0.15) is 5.69 Å². The van der Waals surface area contributed by atoms with Crippen molar-refractivity contribution in [2.75, 3.05) is 0 Å². The molecule has 7 heteroatoms. The van der Waals surface area contributed by atoms with Crippen LogP contribution in [0.15, 0.2) is 24.4 Å². The third kappa shape index (κ3) is 2.40. The number of nitrogens with zero attached hydrogens (tertiary/aromatic N) is 3. The van der Waals surface area contributed by atoms with Crippen LogP contribution in [-0.4, -0.2) is 26.1 Å². The lowest BCUT2D eigenvalue weighted by molar-refractivity contribution is -0.136. The van der Waals surface area contributed by atoms with E-state index in [-0.39, 0.29) is 6.42 Å². The number of hydrogen-bond donors (Lipinski definition) is 1. The van der Waals surface area contributed by atoms with Crippen molar-refractivity contribution in [3.8, 4) is 5.69 Å². The Morgan fingerprint density at radius 3 is 2.59 bits per heavy atom. The van der Waals surface area contributed by atoms with Crippen LogP contribution < -0.4 is 0 Å². The predicted molar refractivity (Wildman–Crippen MR) is 62.7 cm³/mol. The number of aromatic nitrogens is 3. The summed E-state index contributed by atoms with van der Waals surface area (Å²) in [4.78, 5) is 10.7. The molecule has 0 amide bonds. The molecule has 0 aliphatic heterocycles. The molecular formula is C10H7Cl2N3O2. The first kappa shape index (κ1) is 11.9. The Bertz CT molecular complexity index is 548. The fourth-order valence-electron chi connectivity index (χ4n) is 1.41. The van der Waals surface area contributed by atoms with Crippen molar-refractivity contribution in [3.63, 3.8) is 0 Å². The van der Waals surface area contributed by atoms with Crippen LogP contribution >= 0.6 is 23.2 Å². The van der Waals surface area contributed by atoms with E-state index in [1.165, 1.54) is 10.9 Å². The summed E-state index contributed by atoms with van der Waals surface area (Å²) in [5.41, 5.74) is 0.845. The van der Waals surface area contributed by atoms with Gasteiger partial charge in [-0.25, -0.2) is 4.68 Å². The summed E-state index contributed by atoms with van der Waals surface area (Å²) in [6, 6.07) is 4.99. The second kappa shape index (κ2) is 4.73. The van der Waals surface area contributed by atoms with Crippen molar-refractivity contribution in [2.24, 2.45) is 0 Å². The average Bonchev–Trinajstić information content (AvgIpc) is 2.65. The Labute approximate surface area is 107 Å². The lowest BCUT2D eigenvalue weighted by Crippen LogP contribution is -2.08. The molecule has 0 aliphatic carbocycles. The summed E-state index contributed by atoms with van der Waals surface area (Å²) in [7, 11) is 0. The summed E-state index contributed by atoms with van der Waals surface area (Å²) < 4.78 is 1.33. The largest absolute Gasteiger partial charge is 0.481 e. The fraction of sp³-hybridized carbons (Fsp3) is 0.100. The first-order chi connectivity index (χ1) is 8.09. The van der Waals surface area contributed by atoms with Crippen LogP contribution in [0.25, 0.3) is 5.69 Å². The van der Waals surface area contributed by atoms with Gasteiger partial charge in [0.15, 0.2) is 0 Å². The Hall–Kier alpha value is -1.59. The van der Waals surface area contributed by atoms with E-state index in [0.29, 0.717) is 21.4 Å². The van der Waals surface area contributed by atoms with Gasteiger partial charge in [0, 0.05) is 0 Å². The van der Waals surface area contributed by atoms with Crippen LogP contribution in [0, 0.1) is 0 Å². The van der Waals surface area contributed by atoms with Gasteiger partial charge in [-0.05, 0) is 12.1 Å². The molecule has 0 bridgehead atoms. The number of benzene rings is 1. The van der Waals surface area contributed by atoms with Gasteiger partial charge in [0.2, 0.25) is 0 Å². The van der Waals surface area contributed by atoms with Crippen molar-refractivity contribution in [3.05, 3.63) is 40.1 Å². The van der Waals surface area contributed by atoms with Crippen molar-refractivity contribution >= 4 is 29.2 Å². The Kier molecular flexibility index (Phi) is 3.31. The molecule has 0 radical (unpaired) electrons. The molecule has 5 nitrogen and oxygen atoms in total. The average molecular weight is 272 g/mol. The maximum absolute atomic E-state index is 10.7. The molecule has 1 N–H and O–H groups in total. The fourth-order valence-corrected chi connectivity index (χ4v) is 1.97. The topological polar surface area (TPSA) is 68.0 Å². The van der Waals surface area contributed by atoms with Crippen LogP contribution in [-0.2, 0) is 11.2 Å². The molecule has 1 aromatic heterocycles. The number of para-hydroxylation sites is 1. The van der Waals surface area contributed by atoms with Gasteiger partial charge >= 0.3 is 5.97 Å². The summed E-state index contributed by atoms with van der Waals surface area (Å²) in [6.07, 6.45) is 1.17. The molecule has 0 unspecified atom stereocenters. The van der Waals surface area contributed by atoms with E-state index >= 15 is 0 Å². The van der Waals surface area contributed by atoms with Gasteiger partial charge in [-0.15, -0.1) is 5.10 Å². The molecule has 0 saturated carbocycles. The molecule has 0 atom stereocenters. The van der Waals surface area contributed by atoms with Crippen molar-refractivity contribution in [1.29, 1.82) is 0 Å². The number of carboxylic acids is 1.